The summed E-state index contributed by atoms with van der Waals surface area (Å²) in [5.74, 6) is 0.215. The molecule has 1 aromatic carbocycles. The molecule has 4 rings (SSSR count). The van der Waals surface area contributed by atoms with E-state index in [1.165, 1.54) is 6.42 Å². The number of amides is 1. The maximum absolute atomic E-state index is 13.3. The topological polar surface area (TPSA) is 85.4 Å². The first-order chi connectivity index (χ1) is 18.1. The molecule has 1 amide bonds. The molecule has 3 heterocycles. The van der Waals surface area contributed by atoms with E-state index in [-0.39, 0.29) is 42.4 Å². The zero-order chi connectivity index (χ0) is 27.4. The van der Waals surface area contributed by atoms with Crippen LogP contribution in [0.1, 0.15) is 88.6 Å². The van der Waals surface area contributed by atoms with Gasteiger partial charge in [-0.15, -0.1) is 0 Å². The third-order valence-electron chi connectivity index (χ3n) is 8.12. The van der Waals surface area contributed by atoms with E-state index in [1.54, 1.807) is 32.0 Å². The SMILES string of the molecule is CCOC(=O)c1c(C)cccc1OC(=O)CCCC1C2CCCN3CCCC(CN1C(=O)OC(C)(C)C)C23. The van der Waals surface area contributed by atoms with Crippen LogP contribution in [0.3, 0.4) is 0 Å². The molecule has 210 valence electrons. The van der Waals surface area contributed by atoms with Gasteiger partial charge < -0.3 is 19.1 Å². The van der Waals surface area contributed by atoms with Gasteiger partial charge in [0.05, 0.1) is 6.61 Å². The van der Waals surface area contributed by atoms with Crippen molar-refractivity contribution in [2.75, 3.05) is 26.2 Å². The van der Waals surface area contributed by atoms with Crippen molar-refractivity contribution in [3.05, 3.63) is 29.3 Å². The smallest absolute Gasteiger partial charge is 0.410 e. The number of rotatable bonds is 7. The van der Waals surface area contributed by atoms with Gasteiger partial charge in [0.1, 0.15) is 16.9 Å². The number of hydrogen-bond acceptors (Lipinski definition) is 7. The minimum Gasteiger partial charge on any atom is -0.462 e. The molecule has 0 aliphatic carbocycles. The van der Waals surface area contributed by atoms with E-state index in [4.69, 9.17) is 14.2 Å². The van der Waals surface area contributed by atoms with Gasteiger partial charge in [-0.2, -0.15) is 0 Å². The van der Waals surface area contributed by atoms with Crippen molar-refractivity contribution < 1.29 is 28.6 Å². The molecular formula is C30H44N2O6. The van der Waals surface area contributed by atoms with Gasteiger partial charge in [-0.05, 0) is 110 Å². The van der Waals surface area contributed by atoms with Gasteiger partial charge in [0.25, 0.3) is 0 Å². The molecule has 3 aliphatic rings. The highest BCUT2D eigenvalue weighted by Gasteiger charge is 2.50. The molecule has 0 saturated carbocycles. The van der Waals surface area contributed by atoms with E-state index in [0.717, 1.165) is 32.4 Å². The summed E-state index contributed by atoms with van der Waals surface area (Å²) in [5.41, 5.74) is 0.433. The molecule has 0 radical (unpaired) electrons. The van der Waals surface area contributed by atoms with Crippen LogP contribution in [0, 0.1) is 18.8 Å². The standard InChI is InChI=1S/C30H44N2O6/c1-6-36-28(34)26-20(2)11-7-15-24(26)37-25(33)16-8-14-23-22-13-10-18-31-17-9-12-21(27(22)31)19-32(23)29(35)38-30(3,4)5/h7,11,15,21-23,27H,6,8-10,12-14,16-19H2,1-5H3. The van der Waals surface area contributed by atoms with Crippen LogP contribution in [0.25, 0.3) is 0 Å². The molecule has 3 fully saturated rings. The molecule has 38 heavy (non-hydrogen) atoms. The third-order valence-corrected chi connectivity index (χ3v) is 8.12. The number of esters is 2. The predicted molar refractivity (Wildman–Crippen MR) is 144 cm³/mol. The second kappa shape index (κ2) is 12.1. The first-order valence-corrected chi connectivity index (χ1v) is 14.3. The van der Waals surface area contributed by atoms with E-state index >= 15 is 0 Å². The van der Waals surface area contributed by atoms with Crippen LogP contribution < -0.4 is 4.74 Å². The summed E-state index contributed by atoms with van der Waals surface area (Å²) in [6.45, 7) is 12.5. The summed E-state index contributed by atoms with van der Waals surface area (Å²) in [7, 11) is 0. The Morgan fingerprint density at radius 2 is 1.82 bits per heavy atom. The number of aryl methyl sites for hydroxylation is 1. The second-order valence-electron chi connectivity index (χ2n) is 12.0. The summed E-state index contributed by atoms with van der Waals surface area (Å²) in [5, 5.41) is 0. The van der Waals surface area contributed by atoms with Gasteiger partial charge in [-0.1, -0.05) is 12.1 Å². The van der Waals surface area contributed by atoms with Gasteiger partial charge in [0.15, 0.2) is 0 Å². The summed E-state index contributed by atoms with van der Waals surface area (Å²) in [4.78, 5) is 43.2. The van der Waals surface area contributed by atoms with Crippen molar-refractivity contribution in [2.45, 2.75) is 97.2 Å². The lowest BCUT2D eigenvalue weighted by molar-refractivity contribution is -0.134. The van der Waals surface area contributed by atoms with Gasteiger partial charge >= 0.3 is 18.0 Å². The third kappa shape index (κ3) is 6.50. The van der Waals surface area contributed by atoms with E-state index < -0.39 is 11.6 Å². The van der Waals surface area contributed by atoms with Crippen molar-refractivity contribution in [3.63, 3.8) is 0 Å². The Kier molecular flexibility index (Phi) is 9.01. The molecule has 8 nitrogen and oxygen atoms in total. The number of benzene rings is 1. The number of likely N-dealkylation sites (tertiary alicyclic amines) is 1. The molecule has 1 aromatic rings. The van der Waals surface area contributed by atoms with Crippen molar-refractivity contribution in [1.29, 1.82) is 0 Å². The quantitative estimate of drug-likeness (QED) is 0.348. The molecule has 0 bridgehead atoms. The van der Waals surface area contributed by atoms with E-state index in [2.05, 4.69) is 4.90 Å². The van der Waals surface area contributed by atoms with Crippen molar-refractivity contribution in [1.82, 2.24) is 9.80 Å². The van der Waals surface area contributed by atoms with Gasteiger partial charge in [0.2, 0.25) is 0 Å². The fourth-order valence-electron chi connectivity index (χ4n) is 6.72. The Bertz CT molecular complexity index is 1020. The molecule has 0 N–H and O–H groups in total. The minimum atomic E-state index is -0.558. The Hall–Kier alpha value is -2.61. The van der Waals surface area contributed by atoms with Crippen LogP contribution in [-0.4, -0.2) is 71.8 Å². The van der Waals surface area contributed by atoms with Crippen LogP contribution in [0.15, 0.2) is 18.2 Å². The van der Waals surface area contributed by atoms with Crippen LogP contribution in [0.5, 0.6) is 5.75 Å². The molecular weight excluding hydrogens is 484 g/mol. The van der Waals surface area contributed by atoms with E-state index in [0.29, 0.717) is 42.8 Å². The fraction of sp³-hybridized carbons (Fsp3) is 0.700. The van der Waals surface area contributed by atoms with Gasteiger partial charge in [-0.3, -0.25) is 9.69 Å². The molecule has 4 unspecified atom stereocenters. The summed E-state index contributed by atoms with van der Waals surface area (Å²) in [6.07, 6.45) is 5.83. The van der Waals surface area contributed by atoms with Crippen LogP contribution in [-0.2, 0) is 14.3 Å². The molecule has 8 heteroatoms. The first kappa shape index (κ1) is 28.4. The summed E-state index contributed by atoms with van der Waals surface area (Å²) < 4.78 is 16.6. The van der Waals surface area contributed by atoms with E-state index in [9.17, 15) is 14.4 Å². The molecule has 0 spiro atoms. The molecule has 0 aromatic heterocycles. The van der Waals surface area contributed by atoms with Crippen molar-refractivity contribution in [3.8, 4) is 5.75 Å². The Balaban J connectivity index is 1.44. The normalized spacial score (nSPS) is 25.3. The monoisotopic (exact) mass is 528 g/mol. The number of ether oxygens (including phenoxy) is 3. The number of carbonyl (C=O) groups is 3. The highest BCUT2D eigenvalue weighted by molar-refractivity contribution is 5.95. The van der Waals surface area contributed by atoms with Gasteiger partial charge in [-0.25, -0.2) is 9.59 Å². The average Bonchev–Trinajstić information content (AvgIpc) is 2.84. The van der Waals surface area contributed by atoms with E-state index in [1.807, 2.05) is 25.7 Å². The van der Waals surface area contributed by atoms with Gasteiger partial charge in [0, 0.05) is 25.0 Å². The summed E-state index contributed by atoms with van der Waals surface area (Å²) >= 11 is 0. The Morgan fingerprint density at radius 1 is 1.08 bits per heavy atom. The van der Waals surface area contributed by atoms with Crippen LogP contribution in [0.4, 0.5) is 4.79 Å². The largest absolute Gasteiger partial charge is 0.462 e. The number of carbonyl (C=O) groups excluding carboxylic acids is 3. The number of hydrogen-bond donors (Lipinski definition) is 0. The number of piperidine rings is 3. The Morgan fingerprint density at radius 3 is 2.53 bits per heavy atom. The highest BCUT2D eigenvalue weighted by Crippen LogP contribution is 2.43. The zero-order valence-corrected chi connectivity index (χ0v) is 23.7. The number of nitrogens with zero attached hydrogens (tertiary/aromatic N) is 2. The minimum absolute atomic E-state index is 0.0360. The lowest BCUT2D eigenvalue weighted by Crippen LogP contribution is -2.65. The Labute approximate surface area is 227 Å². The molecule has 3 aliphatic heterocycles. The van der Waals surface area contributed by atoms with Crippen molar-refractivity contribution in [2.24, 2.45) is 11.8 Å². The lowest BCUT2D eigenvalue weighted by atomic mass is 9.69. The first-order valence-electron chi connectivity index (χ1n) is 14.3. The zero-order valence-electron chi connectivity index (χ0n) is 23.7. The van der Waals surface area contributed by atoms with Crippen molar-refractivity contribution >= 4 is 18.0 Å². The average molecular weight is 529 g/mol. The second-order valence-corrected chi connectivity index (χ2v) is 12.0. The maximum Gasteiger partial charge on any atom is 0.410 e. The highest BCUT2D eigenvalue weighted by atomic mass is 16.6. The molecule has 4 atom stereocenters. The fourth-order valence-corrected chi connectivity index (χ4v) is 6.72. The molecule has 3 saturated heterocycles. The predicted octanol–water partition coefficient (Wildman–Crippen LogP) is 5.36. The van der Waals surface area contributed by atoms with Crippen LogP contribution >= 0.6 is 0 Å². The van der Waals surface area contributed by atoms with Crippen LogP contribution in [0.2, 0.25) is 0 Å². The summed E-state index contributed by atoms with van der Waals surface area (Å²) in [6, 6.07) is 5.73. The lowest BCUT2D eigenvalue weighted by Gasteiger charge is -2.57. The maximum atomic E-state index is 13.3.